The molecule has 17 heavy (non-hydrogen) atoms. The zero-order valence-electron chi connectivity index (χ0n) is 11.2. The fourth-order valence-electron chi connectivity index (χ4n) is 1.93. The highest BCUT2D eigenvalue weighted by molar-refractivity contribution is 6.66. The molecular weight excluding hydrogens is 232 g/mol. The summed E-state index contributed by atoms with van der Waals surface area (Å²) in [7, 11) is 0. The number of halogens is 1. The minimum absolute atomic E-state index is 0.364. The van der Waals surface area contributed by atoms with Crippen LogP contribution in [-0.2, 0) is 4.79 Å². The lowest BCUT2D eigenvalue weighted by molar-refractivity contribution is -0.107. The summed E-state index contributed by atoms with van der Waals surface area (Å²) >= 11 is 5.19. The molecule has 0 spiro atoms. The molecule has 0 aliphatic rings. The molecule has 0 fully saturated rings. The molecule has 0 aromatic heterocycles. The maximum Gasteiger partial charge on any atom is 0.244 e. The van der Waals surface area contributed by atoms with Gasteiger partial charge in [0.2, 0.25) is 5.24 Å². The second kappa shape index (κ2) is 13.8. The predicted octanol–water partition coefficient (Wildman–Crippen LogP) is 5.62. The molecular formula is C15H27ClO. The van der Waals surface area contributed by atoms with Crippen molar-refractivity contribution in [1.82, 2.24) is 0 Å². The van der Waals surface area contributed by atoms with Gasteiger partial charge < -0.3 is 0 Å². The number of carbonyl (C=O) groups excluding carboxylic acids is 1. The van der Waals surface area contributed by atoms with Crippen LogP contribution in [0.3, 0.4) is 0 Å². The van der Waals surface area contributed by atoms with Crippen molar-refractivity contribution in [3.63, 3.8) is 0 Å². The number of rotatable bonds is 12. The van der Waals surface area contributed by atoms with Crippen LogP contribution in [0.25, 0.3) is 0 Å². The summed E-state index contributed by atoms with van der Waals surface area (Å²) in [6, 6.07) is 0. The summed E-state index contributed by atoms with van der Waals surface area (Å²) in [6.07, 6.45) is 17.8. The van der Waals surface area contributed by atoms with Crippen molar-refractivity contribution in [2.24, 2.45) is 0 Å². The lowest BCUT2D eigenvalue weighted by Crippen LogP contribution is -1.81. The minimum Gasteiger partial charge on any atom is -0.276 e. The van der Waals surface area contributed by atoms with Gasteiger partial charge in [0, 0.05) is 0 Å². The first kappa shape index (κ1) is 16.7. The third-order valence-corrected chi connectivity index (χ3v) is 3.10. The average molecular weight is 259 g/mol. The molecule has 100 valence electrons. The number of hydrogen-bond donors (Lipinski definition) is 0. The van der Waals surface area contributed by atoms with Crippen molar-refractivity contribution in [3.8, 4) is 0 Å². The highest BCUT2D eigenvalue weighted by atomic mass is 35.5. The highest BCUT2D eigenvalue weighted by Crippen LogP contribution is 2.11. The lowest BCUT2D eigenvalue weighted by atomic mass is 10.1. The van der Waals surface area contributed by atoms with Gasteiger partial charge in [-0.3, -0.25) is 4.79 Å². The maximum atomic E-state index is 10.4. The normalized spacial score (nSPS) is 11.2. The van der Waals surface area contributed by atoms with E-state index in [1.54, 1.807) is 0 Å². The van der Waals surface area contributed by atoms with E-state index >= 15 is 0 Å². The van der Waals surface area contributed by atoms with E-state index in [4.69, 9.17) is 11.6 Å². The van der Waals surface area contributed by atoms with Crippen LogP contribution in [0.5, 0.6) is 0 Å². The van der Waals surface area contributed by atoms with Crippen molar-refractivity contribution in [3.05, 3.63) is 12.2 Å². The minimum atomic E-state index is -0.364. The Labute approximate surface area is 112 Å². The molecule has 0 saturated carbocycles. The second-order valence-corrected chi connectivity index (χ2v) is 5.05. The second-order valence-electron chi connectivity index (χ2n) is 4.68. The fourth-order valence-corrected chi connectivity index (χ4v) is 2.01. The molecule has 1 nitrogen and oxygen atoms in total. The first-order valence-electron chi connectivity index (χ1n) is 7.13. The van der Waals surface area contributed by atoms with Crippen molar-refractivity contribution in [1.29, 1.82) is 0 Å². The molecule has 0 amide bonds. The molecule has 0 bridgehead atoms. The summed E-state index contributed by atoms with van der Waals surface area (Å²) in [6.45, 7) is 2.26. The van der Waals surface area contributed by atoms with Gasteiger partial charge in [0.25, 0.3) is 0 Å². The quantitative estimate of drug-likeness (QED) is 0.252. The van der Waals surface area contributed by atoms with E-state index in [0.29, 0.717) is 0 Å². The van der Waals surface area contributed by atoms with Crippen molar-refractivity contribution < 1.29 is 4.79 Å². The lowest BCUT2D eigenvalue weighted by Gasteiger charge is -2.01. The molecule has 0 heterocycles. The van der Waals surface area contributed by atoms with Gasteiger partial charge in [-0.1, -0.05) is 70.8 Å². The van der Waals surface area contributed by atoms with Crippen LogP contribution in [-0.4, -0.2) is 5.24 Å². The Hall–Kier alpha value is -0.300. The molecule has 0 aliphatic carbocycles. The Morgan fingerprint density at radius 3 is 1.82 bits per heavy atom. The molecule has 0 aliphatic heterocycles. The molecule has 0 saturated heterocycles. The summed E-state index contributed by atoms with van der Waals surface area (Å²) in [5.74, 6) is 0. The van der Waals surface area contributed by atoms with Crippen LogP contribution >= 0.6 is 11.6 Å². The molecule has 0 aromatic carbocycles. The van der Waals surface area contributed by atoms with Crippen molar-refractivity contribution in [2.45, 2.75) is 77.6 Å². The standard InChI is InChI=1S/C15H27ClO/c1-2-3-4-5-6-7-8-9-10-11-12-13-14-15(16)17/h13-14H,2-12H2,1H3/b14-13+. The Balaban J connectivity index is 3.01. The van der Waals surface area contributed by atoms with Gasteiger partial charge in [-0.15, -0.1) is 0 Å². The Kier molecular flexibility index (Phi) is 13.5. The van der Waals surface area contributed by atoms with Crippen molar-refractivity contribution in [2.75, 3.05) is 0 Å². The first-order chi connectivity index (χ1) is 8.27. The summed E-state index contributed by atoms with van der Waals surface area (Å²) < 4.78 is 0. The number of carbonyl (C=O) groups is 1. The van der Waals surface area contributed by atoms with Crippen molar-refractivity contribution >= 4 is 16.8 Å². The zero-order valence-corrected chi connectivity index (χ0v) is 12.0. The highest BCUT2D eigenvalue weighted by Gasteiger charge is 1.92. The van der Waals surface area contributed by atoms with E-state index in [0.717, 1.165) is 6.42 Å². The van der Waals surface area contributed by atoms with E-state index in [2.05, 4.69) is 6.92 Å². The van der Waals surface area contributed by atoms with E-state index in [-0.39, 0.29) is 5.24 Å². The van der Waals surface area contributed by atoms with E-state index in [9.17, 15) is 4.79 Å². The number of hydrogen-bond acceptors (Lipinski definition) is 1. The summed E-state index contributed by atoms with van der Waals surface area (Å²) in [4.78, 5) is 10.4. The van der Waals surface area contributed by atoms with Gasteiger partial charge in [-0.25, -0.2) is 0 Å². The summed E-state index contributed by atoms with van der Waals surface area (Å²) in [5.41, 5.74) is 0. The largest absolute Gasteiger partial charge is 0.276 e. The van der Waals surface area contributed by atoms with Gasteiger partial charge in [0.15, 0.2) is 0 Å². The third kappa shape index (κ3) is 15.7. The zero-order chi connectivity index (χ0) is 12.8. The van der Waals surface area contributed by atoms with Gasteiger partial charge in [-0.2, -0.15) is 0 Å². The van der Waals surface area contributed by atoms with Crippen LogP contribution < -0.4 is 0 Å². The Bertz CT molecular complexity index is 199. The van der Waals surface area contributed by atoms with Gasteiger partial charge in [0.05, 0.1) is 0 Å². The van der Waals surface area contributed by atoms with Crippen LogP contribution in [0.1, 0.15) is 77.6 Å². The average Bonchev–Trinajstić information content (AvgIpc) is 2.30. The predicted molar refractivity (Wildman–Crippen MR) is 76.5 cm³/mol. The van der Waals surface area contributed by atoms with Gasteiger partial charge in [0.1, 0.15) is 0 Å². The first-order valence-corrected chi connectivity index (χ1v) is 7.51. The van der Waals surface area contributed by atoms with Gasteiger partial charge in [-0.05, 0) is 30.5 Å². The molecule has 2 heteroatoms. The molecule has 0 aromatic rings. The smallest absolute Gasteiger partial charge is 0.244 e. The molecule has 0 atom stereocenters. The molecule has 0 N–H and O–H groups in total. The topological polar surface area (TPSA) is 17.1 Å². The Morgan fingerprint density at radius 2 is 1.35 bits per heavy atom. The van der Waals surface area contributed by atoms with Crippen LogP contribution in [0.4, 0.5) is 0 Å². The van der Waals surface area contributed by atoms with Crippen LogP contribution in [0.15, 0.2) is 12.2 Å². The molecule has 0 rings (SSSR count). The maximum absolute atomic E-state index is 10.4. The molecule has 0 unspecified atom stereocenters. The number of unbranched alkanes of at least 4 members (excludes halogenated alkanes) is 10. The third-order valence-electron chi connectivity index (χ3n) is 2.97. The SMILES string of the molecule is CCCCCCCCCCCC/C=C/C(=O)Cl. The van der Waals surface area contributed by atoms with Crippen LogP contribution in [0, 0.1) is 0 Å². The van der Waals surface area contributed by atoms with E-state index in [1.165, 1.54) is 70.3 Å². The van der Waals surface area contributed by atoms with E-state index in [1.807, 2.05) is 6.08 Å². The fraction of sp³-hybridized carbons (Fsp3) is 0.800. The van der Waals surface area contributed by atoms with Gasteiger partial charge >= 0.3 is 0 Å². The van der Waals surface area contributed by atoms with E-state index < -0.39 is 0 Å². The summed E-state index contributed by atoms with van der Waals surface area (Å²) in [5, 5.41) is -0.364. The number of allylic oxidation sites excluding steroid dienone is 2. The van der Waals surface area contributed by atoms with Crippen LogP contribution in [0.2, 0.25) is 0 Å². The molecule has 0 radical (unpaired) electrons. The Morgan fingerprint density at radius 1 is 0.882 bits per heavy atom. The monoisotopic (exact) mass is 258 g/mol.